The molecule has 1 amide bonds. The van der Waals surface area contributed by atoms with Crippen molar-refractivity contribution in [2.75, 3.05) is 13.2 Å². The minimum atomic E-state index is -0.101. The van der Waals surface area contributed by atoms with Crippen LogP contribution in [0.1, 0.15) is 16.7 Å². The maximum absolute atomic E-state index is 11.9. The highest BCUT2D eigenvalue weighted by molar-refractivity contribution is 5.80. The fourth-order valence-electron chi connectivity index (χ4n) is 2.75. The third kappa shape index (κ3) is 3.96. The van der Waals surface area contributed by atoms with Crippen LogP contribution in [0, 0.1) is 13.8 Å². The Morgan fingerprint density at radius 2 is 2.00 bits per heavy atom. The molecule has 0 unspecified atom stereocenters. The normalized spacial score (nSPS) is 10.8. The molecule has 3 rings (SSSR count). The molecule has 0 radical (unpaired) electrons. The maximum Gasteiger partial charge on any atom is 0.257 e. The minimum Gasteiger partial charge on any atom is -0.484 e. The molecule has 0 aliphatic rings. The molecule has 1 heterocycles. The van der Waals surface area contributed by atoms with Crippen LogP contribution >= 0.6 is 0 Å². The number of carbonyl (C=O) groups excluding carboxylic acids is 1. The van der Waals surface area contributed by atoms with Gasteiger partial charge in [-0.05, 0) is 55.0 Å². The molecule has 0 saturated heterocycles. The first-order chi connectivity index (χ1) is 11.6. The van der Waals surface area contributed by atoms with Crippen LogP contribution in [0.2, 0.25) is 0 Å². The lowest BCUT2D eigenvalue weighted by atomic mass is 10.1. The predicted octanol–water partition coefficient (Wildman–Crippen LogP) is 3.52. The van der Waals surface area contributed by atoms with Gasteiger partial charge in [0, 0.05) is 18.3 Å². The molecule has 0 spiro atoms. The highest BCUT2D eigenvalue weighted by Crippen LogP contribution is 2.18. The largest absolute Gasteiger partial charge is 0.484 e. The quantitative estimate of drug-likeness (QED) is 0.729. The van der Waals surface area contributed by atoms with Crippen LogP contribution in [0.15, 0.2) is 48.7 Å². The van der Waals surface area contributed by atoms with Gasteiger partial charge in [0.1, 0.15) is 5.75 Å². The van der Waals surface area contributed by atoms with Gasteiger partial charge in [0.15, 0.2) is 6.61 Å². The molecule has 2 N–H and O–H groups in total. The molecule has 0 aliphatic carbocycles. The lowest BCUT2D eigenvalue weighted by Gasteiger charge is -2.10. The second-order valence-corrected chi connectivity index (χ2v) is 6.06. The van der Waals surface area contributed by atoms with Crippen molar-refractivity contribution in [1.29, 1.82) is 0 Å². The van der Waals surface area contributed by atoms with E-state index in [1.807, 2.05) is 44.3 Å². The van der Waals surface area contributed by atoms with Crippen molar-refractivity contribution in [2.24, 2.45) is 0 Å². The summed E-state index contributed by atoms with van der Waals surface area (Å²) >= 11 is 0. The first-order valence-corrected chi connectivity index (χ1v) is 8.14. The van der Waals surface area contributed by atoms with Crippen molar-refractivity contribution in [3.05, 3.63) is 65.4 Å². The second-order valence-electron chi connectivity index (χ2n) is 6.06. The van der Waals surface area contributed by atoms with E-state index < -0.39 is 0 Å². The summed E-state index contributed by atoms with van der Waals surface area (Å²) in [6, 6.07) is 14.3. The van der Waals surface area contributed by atoms with E-state index in [0.29, 0.717) is 6.54 Å². The van der Waals surface area contributed by atoms with Crippen molar-refractivity contribution < 1.29 is 9.53 Å². The van der Waals surface area contributed by atoms with E-state index >= 15 is 0 Å². The van der Waals surface area contributed by atoms with E-state index in [2.05, 4.69) is 28.5 Å². The number of amides is 1. The molecule has 1 aromatic heterocycles. The van der Waals surface area contributed by atoms with E-state index in [1.54, 1.807) is 0 Å². The zero-order valence-corrected chi connectivity index (χ0v) is 14.1. The highest BCUT2D eigenvalue weighted by Gasteiger charge is 2.05. The molecule has 0 saturated carbocycles. The summed E-state index contributed by atoms with van der Waals surface area (Å²) in [5.41, 5.74) is 4.54. The summed E-state index contributed by atoms with van der Waals surface area (Å²) in [5, 5.41) is 4.10. The van der Waals surface area contributed by atoms with Gasteiger partial charge in [0.05, 0.1) is 0 Å². The average molecular weight is 322 g/mol. The second kappa shape index (κ2) is 7.21. The Morgan fingerprint density at radius 1 is 1.12 bits per heavy atom. The number of aryl methyl sites for hydroxylation is 2. The van der Waals surface area contributed by atoms with Gasteiger partial charge in [0.25, 0.3) is 5.91 Å². The monoisotopic (exact) mass is 322 g/mol. The van der Waals surface area contributed by atoms with Crippen LogP contribution < -0.4 is 10.1 Å². The average Bonchev–Trinajstić information content (AvgIpc) is 3.02. The van der Waals surface area contributed by atoms with Gasteiger partial charge in [-0.15, -0.1) is 0 Å². The van der Waals surface area contributed by atoms with E-state index in [4.69, 9.17) is 4.74 Å². The fourth-order valence-corrected chi connectivity index (χ4v) is 2.75. The Kier molecular flexibility index (Phi) is 4.85. The van der Waals surface area contributed by atoms with E-state index in [9.17, 15) is 4.79 Å². The first kappa shape index (κ1) is 16.1. The summed E-state index contributed by atoms with van der Waals surface area (Å²) in [7, 11) is 0. The Balaban J connectivity index is 1.45. The van der Waals surface area contributed by atoms with Crippen LogP contribution in [0.3, 0.4) is 0 Å². The molecule has 0 bridgehead atoms. The van der Waals surface area contributed by atoms with Gasteiger partial charge >= 0.3 is 0 Å². The molecular formula is C20H22N2O2. The summed E-state index contributed by atoms with van der Waals surface area (Å²) < 4.78 is 5.59. The van der Waals surface area contributed by atoms with Gasteiger partial charge in [-0.1, -0.05) is 29.8 Å². The number of rotatable bonds is 6. The van der Waals surface area contributed by atoms with Crippen LogP contribution in [0.5, 0.6) is 5.75 Å². The highest BCUT2D eigenvalue weighted by atomic mass is 16.5. The van der Waals surface area contributed by atoms with Crippen molar-refractivity contribution in [3.63, 3.8) is 0 Å². The van der Waals surface area contributed by atoms with Crippen LogP contribution in [0.25, 0.3) is 10.9 Å². The van der Waals surface area contributed by atoms with Crippen LogP contribution in [0.4, 0.5) is 0 Å². The van der Waals surface area contributed by atoms with Crippen molar-refractivity contribution in [3.8, 4) is 5.75 Å². The number of aromatic nitrogens is 1. The van der Waals surface area contributed by atoms with Gasteiger partial charge in [-0.2, -0.15) is 0 Å². The van der Waals surface area contributed by atoms with Gasteiger partial charge in [-0.3, -0.25) is 4.79 Å². The Bertz CT molecular complexity index is 852. The molecule has 0 fully saturated rings. The van der Waals surface area contributed by atoms with E-state index in [0.717, 1.165) is 23.3 Å². The van der Waals surface area contributed by atoms with E-state index in [-0.39, 0.29) is 12.5 Å². The molecule has 24 heavy (non-hydrogen) atoms. The Morgan fingerprint density at radius 3 is 2.83 bits per heavy atom. The lowest BCUT2D eigenvalue weighted by Crippen LogP contribution is -2.30. The third-order valence-electron chi connectivity index (χ3n) is 4.04. The maximum atomic E-state index is 11.9. The number of aromatic amines is 1. The molecule has 0 aliphatic heterocycles. The van der Waals surface area contributed by atoms with E-state index in [1.165, 1.54) is 16.5 Å². The van der Waals surface area contributed by atoms with Crippen molar-refractivity contribution in [1.82, 2.24) is 10.3 Å². The molecular weight excluding hydrogens is 300 g/mol. The Labute approximate surface area is 141 Å². The molecule has 4 heteroatoms. The zero-order chi connectivity index (χ0) is 16.9. The number of H-pyrrole nitrogens is 1. The zero-order valence-electron chi connectivity index (χ0n) is 14.1. The van der Waals surface area contributed by atoms with Gasteiger partial charge in [0.2, 0.25) is 0 Å². The van der Waals surface area contributed by atoms with Crippen LogP contribution in [-0.4, -0.2) is 24.0 Å². The smallest absolute Gasteiger partial charge is 0.257 e. The molecule has 124 valence electrons. The number of hydrogen-bond acceptors (Lipinski definition) is 2. The molecule has 4 nitrogen and oxygen atoms in total. The number of nitrogens with one attached hydrogen (secondary N) is 2. The van der Waals surface area contributed by atoms with Gasteiger partial charge < -0.3 is 15.0 Å². The first-order valence-electron chi connectivity index (χ1n) is 8.14. The molecule has 2 aromatic carbocycles. The van der Waals surface area contributed by atoms with Crippen molar-refractivity contribution >= 4 is 16.8 Å². The minimum absolute atomic E-state index is 0.0412. The number of carbonyl (C=O) groups is 1. The summed E-state index contributed by atoms with van der Waals surface area (Å²) in [6.45, 7) is 4.66. The lowest BCUT2D eigenvalue weighted by molar-refractivity contribution is -0.123. The standard InChI is InChI=1S/C20H22N2O2/c1-14-3-6-19(15(2)11-14)24-13-20(23)22-9-7-16-4-5-17-8-10-21-18(17)12-16/h3-6,8,10-12,21H,7,9,13H2,1-2H3,(H,22,23). The van der Waals surface area contributed by atoms with Gasteiger partial charge in [-0.25, -0.2) is 0 Å². The molecule has 0 atom stereocenters. The number of hydrogen-bond donors (Lipinski definition) is 2. The topological polar surface area (TPSA) is 54.1 Å². The number of benzene rings is 2. The van der Waals surface area contributed by atoms with Crippen molar-refractivity contribution in [2.45, 2.75) is 20.3 Å². The summed E-state index contributed by atoms with van der Waals surface area (Å²) in [4.78, 5) is 15.1. The summed E-state index contributed by atoms with van der Waals surface area (Å²) in [5.74, 6) is 0.656. The fraction of sp³-hybridized carbons (Fsp3) is 0.250. The Hall–Kier alpha value is -2.75. The third-order valence-corrected chi connectivity index (χ3v) is 4.04. The SMILES string of the molecule is Cc1ccc(OCC(=O)NCCc2ccc3cc[nH]c3c2)c(C)c1. The molecule has 3 aromatic rings. The number of fused-ring (bicyclic) bond motifs is 1. The number of ether oxygens (including phenoxy) is 1. The van der Waals surface area contributed by atoms with Crippen LogP contribution in [-0.2, 0) is 11.2 Å². The predicted molar refractivity (Wildman–Crippen MR) is 96.4 cm³/mol. The summed E-state index contributed by atoms with van der Waals surface area (Å²) in [6.07, 6.45) is 2.73.